The van der Waals surface area contributed by atoms with Crippen molar-refractivity contribution >= 4 is 15.9 Å². The molecule has 1 aliphatic heterocycles. The largest absolute Gasteiger partial charge is 0.374 e. The van der Waals surface area contributed by atoms with E-state index in [9.17, 15) is 4.39 Å². The molecule has 1 fully saturated rings. The Morgan fingerprint density at radius 2 is 2.42 bits per heavy atom. The molecule has 0 bridgehead atoms. The van der Waals surface area contributed by atoms with Gasteiger partial charge in [0.05, 0.1) is 18.8 Å². The highest BCUT2D eigenvalue weighted by Crippen LogP contribution is 2.18. The molecule has 106 valence electrons. The lowest BCUT2D eigenvalue weighted by atomic mass is 10.0. The third kappa shape index (κ3) is 3.97. The number of nitrogens with one attached hydrogen (secondary N) is 1. The van der Waals surface area contributed by atoms with Crippen LogP contribution >= 0.6 is 15.9 Å². The molecule has 1 heterocycles. The second kappa shape index (κ2) is 6.76. The summed E-state index contributed by atoms with van der Waals surface area (Å²) in [5, 5.41) is 0. The van der Waals surface area contributed by atoms with Crippen LogP contribution in [0.25, 0.3) is 0 Å². The van der Waals surface area contributed by atoms with E-state index in [1.54, 1.807) is 6.07 Å². The summed E-state index contributed by atoms with van der Waals surface area (Å²) in [6.07, 6.45) is 0.487. The Labute approximate surface area is 121 Å². The van der Waals surface area contributed by atoms with Gasteiger partial charge in [0.2, 0.25) is 0 Å². The van der Waals surface area contributed by atoms with E-state index < -0.39 is 0 Å². The van der Waals surface area contributed by atoms with E-state index in [0.717, 1.165) is 17.6 Å². The van der Waals surface area contributed by atoms with Crippen molar-refractivity contribution in [3.63, 3.8) is 0 Å². The van der Waals surface area contributed by atoms with Crippen molar-refractivity contribution in [3.05, 3.63) is 34.1 Å². The number of hydrogen-bond donors (Lipinski definition) is 2. The lowest BCUT2D eigenvalue weighted by molar-refractivity contribution is -0.0385. The summed E-state index contributed by atoms with van der Waals surface area (Å²) in [5.41, 5.74) is 3.39. The molecular formula is C13H19BrFN3O. The highest BCUT2D eigenvalue weighted by atomic mass is 79.9. The molecule has 0 spiro atoms. The minimum atomic E-state index is -0.223. The molecule has 6 heteroatoms. The first-order valence-electron chi connectivity index (χ1n) is 6.30. The van der Waals surface area contributed by atoms with Crippen LogP contribution in [-0.2, 0) is 11.2 Å². The van der Waals surface area contributed by atoms with Crippen molar-refractivity contribution in [2.75, 3.05) is 26.7 Å². The van der Waals surface area contributed by atoms with Crippen molar-refractivity contribution in [1.82, 2.24) is 10.3 Å². The zero-order valence-corrected chi connectivity index (χ0v) is 12.5. The molecule has 0 aromatic heterocycles. The molecule has 0 amide bonds. The number of likely N-dealkylation sites (N-methyl/N-ethyl adjacent to an activating group) is 1. The van der Waals surface area contributed by atoms with E-state index >= 15 is 0 Å². The van der Waals surface area contributed by atoms with Gasteiger partial charge in [-0.05, 0) is 31.2 Å². The predicted molar refractivity (Wildman–Crippen MR) is 76.2 cm³/mol. The molecule has 3 N–H and O–H groups in total. The molecule has 2 unspecified atom stereocenters. The Kier molecular flexibility index (Phi) is 5.29. The smallest absolute Gasteiger partial charge is 0.127 e. The number of hydrogen-bond acceptors (Lipinski definition) is 4. The van der Waals surface area contributed by atoms with Crippen LogP contribution in [-0.4, -0.2) is 43.8 Å². The van der Waals surface area contributed by atoms with Crippen LogP contribution in [0.15, 0.2) is 22.7 Å². The van der Waals surface area contributed by atoms with Gasteiger partial charge in [0, 0.05) is 17.6 Å². The van der Waals surface area contributed by atoms with Crippen LogP contribution in [0.2, 0.25) is 0 Å². The monoisotopic (exact) mass is 331 g/mol. The molecule has 0 radical (unpaired) electrons. The van der Waals surface area contributed by atoms with Gasteiger partial charge in [-0.1, -0.05) is 22.0 Å². The normalized spacial score (nSPS) is 22.4. The van der Waals surface area contributed by atoms with Crippen LogP contribution in [0, 0.1) is 5.82 Å². The predicted octanol–water partition coefficient (Wildman–Crippen LogP) is 1.29. The third-order valence-electron chi connectivity index (χ3n) is 3.41. The van der Waals surface area contributed by atoms with Crippen molar-refractivity contribution in [1.29, 1.82) is 0 Å². The fourth-order valence-electron chi connectivity index (χ4n) is 2.28. The molecule has 0 saturated carbocycles. The first-order chi connectivity index (χ1) is 9.10. The first kappa shape index (κ1) is 14.9. The summed E-state index contributed by atoms with van der Waals surface area (Å²) in [7, 11) is 2.04. The number of rotatable bonds is 4. The zero-order chi connectivity index (χ0) is 13.8. The Morgan fingerprint density at radius 3 is 3.05 bits per heavy atom. The molecule has 1 aliphatic rings. The number of nitrogens with zero attached hydrogens (tertiary/aromatic N) is 1. The standard InChI is InChI=1S/C13H19BrFN3O/c1-18-4-5-19-13(8-18)12(17-16)6-9-2-3-10(14)7-11(9)15/h2-3,7,12-13,17H,4-6,8,16H2,1H3. The summed E-state index contributed by atoms with van der Waals surface area (Å²) in [5.74, 6) is 5.37. The molecule has 1 saturated heterocycles. The van der Waals surface area contributed by atoms with Gasteiger partial charge in [-0.2, -0.15) is 0 Å². The number of ether oxygens (including phenoxy) is 1. The number of nitrogens with two attached hydrogens (primary N) is 1. The van der Waals surface area contributed by atoms with Gasteiger partial charge in [-0.15, -0.1) is 0 Å². The summed E-state index contributed by atoms with van der Waals surface area (Å²) in [4.78, 5) is 2.19. The van der Waals surface area contributed by atoms with E-state index in [2.05, 4.69) is 26.3 Å². The van der Waals surface area contributed by atoms with Crippen molar-refractivity contribution < 1.29 is 9.13 Å². The highest BCUT2D eigenvalue weighted by molar-refractivity contribution is 9.10. The fraction of sp³-hybridized carbons (Fsp3) is 0.538. The third-order valence-corrected chi connectivity index (χ3v) is 3.91. The van der Waals surface area contributed by atoms with Gasteiger partial charge in [-0.3, -0.25) is 11.3 Å². The van der Waals surface area contributed by atoms with Crippen LogP contribution in [0.1, 0.15) is 5.56 Å². The van der Waals surface area contributed by atoms with Gasteiger partial charge in [-0.25, -0.2) is 4.39 Å². The molecule has 2 atom stereocenters. The van der Waals surface area contributed by atoms with E-state index in [0.29, 0.717) is 18.6 Å². The maximum Gasteiger partial charge on any atom is 0.127 e. The molecule has 2 rings (SSSR count). The van der Waals surface area contributed by atoms with Crippen molar-refractivity contribution in [2.45, 2.75) is 18.6 Å². The molecular weight excluding hydrogens is 313 g/mol. The fourth-order valence-corrected chi connectivity index (χ4v) is 2.61. The van der Waals surface area contributed by atoms with Crippen LogP contribution in [0.4, 0.5) is 4.39 Å². The molecule has 19 heavy (non-hydrogen) atoms. The summed E-state index contributed by atoms with van der Waals surface area (Å²) < 4.78 is 20.3. The van der Waals surface area contributed by atoms with E-state index in [4.69, 9.17) is 10.6 Å². The summed E-state index contributed by atoms with van der Waals surface area (Å²) >= 11 is 3.25. The minimum Gasteiger partial charge on any atom is -0.374 e. The summed E-state index contributed by atoms with van der Waals surface area (Å²) in [6.45, 7) is 2.40. The SMILES string of the molecule is CN1CCOC(C(Cc2ccc(Br)cc2F)NN)C1. The molecule has 1 aromatic carbocycles. The lowest BCUT2D eigenvalue weighted by Gasteiger charge is -2.35. The van der Waals surface area contributed by atoms with Gasteiger partial charge >= 0.3 is 0 Å². The van der Waals surface area contributed by atoms with E-state index in [1.165, 1.54) is 6.07 Å². The average molecular weight is 332 g/mol. The molecule has 4 nitrogen and oxygen atoms in total. The lowest BCUT2D eigenvalue weighted by Crippen LogP contribution is -2.54. The van der Waals surface area contributed by atoms with E-state index in [1.807, 2.05) is 13.1 Å². The topological polar surface area (TPSA) is 50.5 Å². The summed E-state index contributed by atoms with van der Waals surface area (Å²) in [6, 6.07) is 4.98. The first-order valence-corrected chi connectivity index (χ1v) is 7.09. The minimum absolute atomic E-state index is 0.0215. The zero-order valence-electron chi connectivity index (χ0n) is 10.9. The van der Waals surface area contributed by atoms with Crippen LogP contribution in [0.3, 0.4) is 0 Å². The number of benzene rings is 1. The van der Waals surface area contributed by atoms with Crippen molar-refractivity contribution in [2.24, 2.45) is 5.84 Å². The Morgan fingerprint density at radius 1 is 1.63 bits per heavy atom. The second-order valence-corrected chi connectivity index (χ2v) is 5.80. The number of morpholine rings is 1. The van der Waals surface area contributed by atoms with E-state index in [-0.39, 0.29) is 18.0 Å². The van der Waals surface area contributed by atoms with Crippen LogP contribution in [0.5, 0.6) is 0 Å². The molecule has 1 aromatic rings. The quantitative estimate of drug-likeness (QED) is 0.645. The molecule has 0 aliphatic carbocycles. The van der Waals surface area contributed by atoms with Crippen LogP contribution < -0.4 is 11.3 Å². The Balaban J connectivity index is 2.05. The maximum absolute atomic E-state index is 13.8. The number of hydrazine groups is 1. The van der Waals surface area contributed by atoms with Gasteiger partial charge in [0.15, 0.2) is 0 Å². The average Bonchev–Trinajstić information content (AvgIpc) is 2.38. The Hall–Kier alpha value is -0.530. The Bertz CT molecular complexity index is 432. The second-order valence-electron chi connectivity index (χ2n) is 4.88. The highest BCUT2D eigenvalue weighted by Gasteiger charge is 2.26. The van der Waals surface area contributed by atoms with Gasteiger partial charge in [0.1, 0.15) is 5.82 Å². The maximum atomic E-state index is 13.8. The van der Waals surface area contributed by atoms with Gasteiger partial charge in [0.25, 0.3) is 0 Å². The van der Waals surface area contributed by atoms with Crippen molar-refractivity contribution in [3.8, 4) is 0 Å². The van der Waals surface area contributed by atoms with Gasteiger partial charge < -0.3 is 9.64 Å². The number of halogens is 2.